The van der Waals surface area contributed by atoms with E-state index in [0.29, 0.717) is 11.3 Å². The van der Waals surface area contributed by atoms with Crippen LogP contribution in [0.3, 0.4) is 0 Å². The molecule has 0 aliphatic carbocycles. The molecule has 1 heterocycles. The largest absolute Gasteiger partial charge is 0.348 e. The van der Waals surface area contributed by atoms with Crippen molar-refractivity contribution in [1.82, 2.24) is 4.90 Å². The van der Waals surface area contributed by atoms with E-state index in [4.69, 9.17) is 4.74 Å². The van der Waals surface area contributed by atoms with Crippen LogP contribution in [-0.4, -0.2) is 48.3 Å². The second kappa shape index (κ2) is 8.03. The topological polar surface area (TPSA) is 63.7 Å². The number of ether oxygens (including phenoxy) is 1. The number of hydrogen-bond acceptors (Lipinski definition) is 5. The Morgan fingerprint density at radius 3 is 2.61 bits per heavy atom. The van der Waals surface area contributed by atoms with Gasteiger partial charge < -0.3 is 4.74 Å². The lowest BCUT2D eigenvalue weighted by Gasteiger charge is -2.25. The Balaban J connectivity index is 2.13. The lowest BCUT2D eigenvalue weighted by Crippen LogP contribution is -2.44. The molecule has 7 heteroatoms. The zero-order valence-electron chi connectivity index (χ0n) is 12.5. The number of carbonyl (C=O) groups is 3. The Kier molecular flexibility index (Phi) is 6.06. The van der Waals surface area contributed by atoms with Crippen LogP contribution in [0.2, 0.25) is 0 Å². The number of benzene rings is 1. The first-order valence-corrected chi connectivity index (χ1v) is 7.93. The normalized spacial score (nSPS) is 15.3. The molecule has 1 aromatic carbocycles. The highest BCUT2D eigenvalue weighted by Crippen LogP contribution is 2.26. The lowest BCUT2D eigenvalue weighted by atomic mass is 10.1. The minimum absolute atomic E-state index is 0.0924. The third-order valence-electron chi connectivity index (χ3n) is 3.43. The number of thioether (sulfide) groups is 1. The quantitative estimate of drug-likeness (QED) is 0.413. The summed E-state index contributed by atoms with van der Waals surface area (Å²) in [6.07, 6.45) is 3.14. The Morgan fingerprint density at radius 2 is 2.00 bits per heavy atom. The van der Waals surface area contributed by atoms with Crippen LogP contribution in [0.25, 0.3) is 0 Å². The molecular formula is C16H16FNO4S. The van der Waals surface area contributed by atoms with Crippen molar-refractivity contribution in [3.8, 4) is 0 Å². The summed E-state index contributed by atoms with van der Waals surface area (Å²) in [5.74, 6) is -0.575. The molecule has 0 saturated heterocycles. The van der Waals surface area contributed by atoms with E-state index >= 15 is 0 Å². The molecule has 1 aromatic rings. The molecule has 0 fully saturated rings. The SMILES string of the molecule is Cc1cccc(SCC(COCF)N2C(=O)C=CC2=O)c1C=O. The molecular weight excluding hydrogens is 321 g/mol. The third-order valence-corrected chi connectivity index (χ3v) is 4.65. The summed E-state index contributed by atoms with van der Waals surface area (Å²) in [4.78, 5) is 36.6. The van der Waals surface area contributed by atoms with Gasteiger partial charge in [-0.05, 0) is 18.6 Å². The first kappa shape index (κ1) is 17.4. The molecule has 1 unspecified atom stereocenters. The summed E-state index contributed by atoms with van der Waals surface area (Å²) in [5, 5.41) is 0. The molecule has 5 nitrogen and oxygen atoms in total. The van der Waals surface area contributed by atoms with Crippen molar-refractivity contribution in [2.45, 2.75) is 17.9 Å². The number of halogens is 1. The van der Waals surface area contributed by atoms with Gasteiger partial charge in [-0.2, -0.15) is 0 Å². The molecule has 1 aliphatic heterocycles. The highest BCUT2D eigenvalue weighted by atomic mass is 32.2. The van der Waals surface area contributed by atoms with E-state index in [-0.39, 0.29) is 6.61 Å². The van der Waals surface area contributed by atoms with Crippen molar-refractivity contribution in [3.05, 3.63) is 41.5 Å². The van der Waals surface area contributed by atoms with Crippen molar-refractivity contribution >= 4 is 29.9 Å². The maximum Gasteiger partial charge on any atom is 0.253 e. The molecule has 0 spiro atoms. The number of carbonyl (C=O) groups excluding carboxylic acids is 3. The van der Waals surface area contributed by atoms with E-state index in [1.54, 1.807) is 6.07 Å². The monoisotopic (exact) mass is 337 g/mol. The van der Waals surface area contributed by atoms with Gasteiger partial charge in [0.05, 0.1) is 12.6 Å². The molecule has 1 atom stereocenters. The third kappa shape index (κ3) is 4.05. The molecule has 1 aliphatic rings. The standard InChI is InChI=1S/C16H16FNO4S/c1-11-3-2-4-14(13(11)7-19)23-9-12(8-22-10-17)18-15(20)5-6-16(18)21/h2-7,12H,8-10H2,1H3. The number of alkyl halides is 1. The van der Waals surface area contributed by atoms with Crippen molar-refractivity contribution in [2.75, 3.05) is 19.2 Å². The Bertz CT molecular complexity index is 629. The average Bonchev–Trinajstić information content (AvgIpc) is 2.87. The van der Waals surface area contributed by atoms with Gasteiger partial charge in [-0.3, -0.25) is 19.3 Å². The van der Waals surface area contributed by atoms with Gasteiger partial charge in [0.2, 0.25) is 0 Å². The molecule has 122 valence electrons. The smallest absolute Gasteiger partial charge is 0.253 e. The summed E-state index contributed by atoms with van der Waals surface area (Å²) < 4.78 is 17.0. The van der Waals surface area contributed by atoms with Gasteiger partial charge in [-0.1, -0.05) is 12.1 Å². The van der Waals surface area contributed by atoms with Crippen LogP contribution >= 0.6 is 11.8 Å². The summed E-state index contributed by atoms with van der Waals surface area (Å²) in [6.45, 7) is 0.745. The van der Waals surface area contributed by atoms with Crippen LogP contribution in [0.1, 0.15) is 15.9 Å². The Morgan fingerprint density at radius 1 is 1.30 bits per heavy atom. The molecule has 0 radical (unpaired) electrons. The summed E-state index contributed by atoms with van der Waals surface area (Å²) in [5.41, 5.74) is 1.41. The molecule has 2 amide bonds. The van der Waals surface area contributed by atoms with Crippen molar-refractivity contribution in [1.29, 1.82) is 0 Å². The van der Waals surface area contributed by atoms with Crippen LogP contribution in [0.4, 0.5) is 4.39 Å². The first-order valence-electron chi connectivity index (χ1n) is 6.95. The van der Waals surface area contributed by atoms with Gasteiger partial charge in [-0.15, -0.1) is 11.8 Å². The number of aldehydes is 1. The first-order chi connectivity index (χ1) is 11.1. The number of nitrogens with zero attached hydrogens (tertiary/aromatic N) is 1. The highest BCUT2D eigenvalue weighted by molar-refractivity contribution is 7.99. The fourth-order valence-corrected chi connectivity index (χ4v) is 3.42. The van der Waals surface area contributed by atoms with E-state index in [2.05, 4.69) is 0 Å². The molecule has 0 aromatic heterocycles. The fourth-order valence-electron chi connectivity index (χ4n) is 2.27. The molecule has 23 heavy (non-hydrogen) atoms. The van der Waals surface area contributed by atoms with E-state index < -0.39 is 24.7 Å². The number of imide groups is 1. The number of aryl methyl sites for hydroxylation is 1. The second-order valence-electron chi connectivity index (χ2n) is 4.93. The minimum Gasteiger partial charge on any atom is -0.348 e. The maximum absolute atomic E-state index is 12.3. The van der Waals surface area contributed by atoms with Gasteiger partial charge in [0.25, 0.3) is 11.8 Å². The maximum atomic E-state index is 12.3. The predicted octanol–water partition coefficient (Wildman–Crippen LogP) is 2.14. The highest BCUT2D eigenvalue weighted by Gasteiger charge is 2.31. The van der Waals surface area contributed by atoms with Gasteiger partial charge in [0.15, 0.2) is 13.1 Å². The number of rotatable bonds is 8. The second-order valence-corrected chi connectivity index (χ2v) is 5.99. The summed E-state index contributed by atoms with van der Waals surface area (Å²) in [7, 11) is 0. The van der Waals surface area contributed by atoms with Crippen LogP contribution in [0, 0.1) is 6.92 Å². The Hall–Kier alpha value is -1.99. The van der Waals surface area contributed by atoms with Gasteiger partial charge >= 0.3 is 0 Å². The fraction of sp³-hybridized carbons (Fsp3) is 0.312. The zero-order valence-corrected chi connectivity index (χ0v) is 13.3. The molecule has 0 bridgehead atoms. The molecule has 0 saturated carbocycles. The van der Waals surface area contributed by atoms with E-state index in [9.17, 15) is 18.8 Å². The van der Waals surface area contributed by atoms with Crippen LogP contribution < -0.4 is 0 Å². The minimum atomic E-state index is -0.991. The predicted molar refractivity (Wildman–Crippen MR) is 84.0 cm³/mol. The molecule has 2 rings (SSSR count). The summed E-state index contributed by atoms with van der Waals surface area (Å²) in [6, 6.07) is 4.84. The van der Waals surface area contributed by atoms with Crippen LogP contribution in [0.15, 0.2) is 35.2 Å². The van der Waals surface area contributed by atoms with E-state index in [0.717, 1.165) is 21.6 Å². The van der Waals surface area contributed by atoms with E-state index in [1.165, 1.54) is 23.9 Å². The van der Waals surface area contributed by atoms with Gasteiger partial charge in [0.1, 0.15) is 0 Å². The zero-order chi connectivity index (χ0) is 16.8. The van der Waals surface area contributed by atoms with Crippen molar-refractivity contribution < 1.29 is 23.5 Å². The Labute approximate surface area is 137 Å². The van der Waals surface area contributed by atoms with Crippen molar-refractivity contribution in [2.24, 2.45) is 0 Å². The number of hydrogen-bond donors (Lipinski definition) is 0. The van der Waals surface area contributed by atoms with Crippen LogP contribution in [-0.2, 0) is 14.3 Å². The average molecular weight is 337 g/mol. The summed E-state index contributed by atoms with van der Waals surface area (Å²) >= 11 is 1.33. The van der Waals surface area contributed by atoms with E-state index in [1.807, 2.05) is 19.1 Å². The van der Waals surface area contributed by atoms with Gasteiger partial charge in [0, 0.05) is 28.4 Å². The lowest BCUT2D eigenvalue weighted by molar-refractivity contribution is -0.140. The van der Waals surface area contributed by atoms with Crippen molar-refractivity contribution in [3.63, 3.8) is 0 Å². The van der Waals surface area contributed by atoms with Gasteiger partial charge in [-0.25, -0.2) is 4.39 Å². The molecule has 0 N–H and O–H groups in total. The number of amides is 2. The van der Waals surface area contributed by atoms with Crippen LogP contribution in [0.5, 0.6) is 0 Å².